The molecule has 0 aliphatic rings. The number of nitrogens with two attached hydrogens (primary N) is 1. The maximum atomic E-state index is 6.00. The molecular weight excluding hydrogens is 230 g/mol. The third-order valence-electron chi connectivity index (χ3n) is 1.93. The molecule has 0 saturated heterocycles. The highest BCUT2D eigenvalue weighted by Crippen LogP contribution is 2.30. The summed E-state index contributed by atoms with van der Waals surface area (Å²) < 4.78 is 0. The Morgan fingerprint density at radius 1 is 1.47 bits per heavy atom. The zero-order valence-corrected chi connectivity index (χ0v) is 9.55. The lowest BCUT2D eigenvalue weighted by Gasteiger charge is -1.92. The van der Waals surface area contributed by atoms with Crippen molar-refractivity contribution in [3.63, 3.8) is 0 Å². The van der Waals surface area contributed by atoms with Crippen LogP contribution < -0.4 is 5.73 Å². The lowest BCUT2D eigenvalue weighted by atomic mass is 10.3. The first-order chi connectivity index (χ1) is 7.31. The molecule has 3 nitrogen and oxygen atoms in total. The summed E-state index contributed by atoms with van der Waals surface area (Å²) in [6, 6.07) is 3.85. The van der Waals surface area contributed by atoms with Crippen LogP contribution >= 0.6 is 22.9 Å². The fourth-order valence-corrected chi connectivity index (χ4v) is 2.53. The Bertz CT molecular complexity index is 441. The second kappa shape index (κ2) is 4.70. The van der Waals surface area contributed by atoms with Crippen LogP contribution in [0.5, 0.6) is 0 Å². The van der Waals surface area contributed by atoms with E-state index in [0.29, 0.717) is 11.7 Å². The Morgan fingerprint density at radius 2 is 2.33 bits per heavy atom. The van der Waals surface area contributed by atoms with E-state index in [1.807, 2.05) is 12.1 Å². The van der Waals surface area contributed by atoms with Gasteiger partial charge in [0.1, 0.15) is 10.2 Å². The molecule has 5 heteroatoms. The smallest absolute Gasteiger partial charge is 0.143 e. The van der Waals surface area contributed by atoms with Crippen LogP contribution in [-0.4, -0.2) is 16.5 Å². The molecule has 2 aromatic rings. The average molecular weight is 240 g/mol. The average Bonchev–Trinajstić information content (AvgIpc) is 2.63. The van der Waals surface area contributed by atoms with Gasteiger partial charge in [0.2, 0.25) is 0 Å². The Morgan fingerprint density at radius 3 is 3.00 bits per heavy atom. The van der Waals surface area contributed by atoms with Gasteiger partial charge in [-0.1, -0.05) is 11.6 Å². The van der Waals surface area contributed by atoms with Gasteiger partial charge in [-0.3, -0.25) is 4.98 Å². The molecule has 15 heavy (non-hydrogen) atoms. The van der Waals surface area contributed by atoms with E-state index in [-0.39, 0.29) is 0 Å². The zero-order valence-electron chi connectivity index (χ0n) is 7.98. The molecular formula is C10H10ClN3S. The monoisotopic (exact) mass is 239 g/mol. The minimum atomic E-state index is 0.560. The quantitative estimate of drug-likeness (QED) is 0.895. The number of rotatable bonds is 3. The highest BCUT2D eigenvalue weighted by Gasteiger charge is 2.09. The van der Waals surface area contributed by atoms with Crippen LogP contribution in [0.2, 0.25) is 5.15 Å². The molecule has 0 amide bonds. The number of nitrogens with zero attached hydrogens (tertiary/aromatic N) is 2. The number of hydrogen-bond acceptors (Lipinski definition) is 4. The molecule has 0 fully saturated rings. The molecule has 2 rings (SSSR count). The van der Waals surface area contributed by atoms with Crippen molar-refractivity contribution in [1.29, 1.82) is 0 Å². The van der Waals surface area contributed by atoms with Crippen LogP contribution in [0.4, 0.5) is 0 Å². The molecule has 0 unspecified atom stereocenters. The van der Waals surface area contributed by atoms with E-state index in [2.05, 4.69) is 9.97 Å². The predicted octanol–water partition coefficient (Wildman–Crippen LogP) is 2.36. The molecule has 0 atom stereocenters. The lowest BCUT2D eigenvalue weighted by Crippen LogP contribution is -2.01. The SMILES string of the molecule is NCCc1sc(-c2cccnc2)nc1Cl. The molecule has 0 aliphatic heterocycles. The van der Waals surface area contributed by atoms with Crippen molar-refractivity contribution < 1.29 is 0 Å². The van der Waals surface area contributed by atoms with Crippen LogP contribution in [0.15, 0.2) is 24.5 Å². The second-order valence-corrected chi connectivity index (χ2v) is 4.46. The third kappa shape index (κ3) is 2.34. The molecule has 78 valence electrons. The summed E-state index contributed by atoms with van der Waals surface area (Å²) in [5.41, 5.74) is 6.48. The van der Waals surface area contributed by atoms with Crippen LogP contribution in [0, 0.1) is 0 Å². The van der Waals surface area contributed by atoms with E-state index in [0.717, 1.165) is 21.9 Å². The van der Waals surface area contributed by atoms with Gasteiger partial charge in [0.15, 0.2) is 0 Å². The normalized spacial score (nSPS) is 10.5. The largest absolute Gasteiger partial charge is 0.330 e. The zero-order chi connectivity index (χ0) is 10.7. The summed E-state index contributed by atoms with van der Waals surface area (Å²) in [5.74, 6) is 0. The Kier molecular flexibility index (Phi) is 3.30. The molecule has 0 bridgehead atoms. The van der Waals surface area contributed by atoms with Gasteiger partial charge in [0.25, 0.3) is 0 Å². The first kappa shape index (κ1) is 10.5. The van der Waals surface area contributed by atoms with E-state index >= 15 is 0 Å². The van der Waals surface area contributed by atoms with Gasteiger partial charge in [-0.25, -0.2) is 4.98 Å². The molecule has 2 N–H and O–H groups in total. The summed E-state index contributed by atoms with van der Waals surface area (Å²) in [6.45, 7) is 0.592. The Balaban J connectivity index is 2.34. The van der Waals surface area contributed by atoms with Gasteiger partial charge in [-0.05, 0) is 25.1 Å². The maximum absolute atomic E-state index is 6.00. The van der Waals surface area contributed by atoms with Gasteiger partial charge >= 0.3 is 0 Å². The minimum absolute atomic E-state index is 0.560. The van der Waals surface area contributed by atoms with Crippen LogP contribution in [-0.2, 0) is 6.42 Å². The fraction of sp³-hybridized carbons (Fsp3) is 0.200. The molecule has 2 heterocycles. The van der Waals surface area contributed by atoms with Gasteiger partial charge < -0.3 is 5.73 Å². The second-order valence-electron chi connectivity index (χ2n) is 3.01. The van der Waals surface area contributed by atoms with Crippen molar-refractivity contribution in [2.75, 3.05) is 6.54 Å². The number of thiazole rings is 1. The third-order valence-corrected chi connectivity index (χ3v) is 3.52. The van der Waals surface area contributed by atoms with Gasteiger partial charge in [0, 0.05) is 22.8 Å². The number of hydrogen-bond donors (Lipinski definition) is 1. The van der Waals surface area contributed by atoms with Crippen LogP contribution in [0.3, 0.4) is 0 Å². The van der Waals surface area contributed by atoms with Crippen molar-refractivity contribution >= 4 is 22.9 Å². The van der Waals surface area contributed by atoms with Gasteiger partial charge in [-0.15, -0.1) is 11.3 Å². The van der Waals surface area contributed by atoms with Crippen molar-refractivity contribution in [2.24, 2.45) is 5.73 Å². The Labute approximate surface area is 96.9 Å². The van der Waals surface area contributed by atoms with Gasteiger partial charge in [0.05, 0.1) is 0 Å². The van der Waals surface area contributed by atoms with E-state index in [1.165, 1.54) is 0 Å². The maximum Gasteiger partial charge on any atom is 0.143 e. The molecule has 0 radical (unpaired) electrons. The summed E-state index contributed by atoms with van der Waals surface area (Å²) >= 11 is 7.57. The summed E-state index contributed by atoms with van der Waals surface area (Å²) in [6.07, 6.45) is 4.29. The van der Waals surface area contributed by atoms with Crippen LogP contribution in [0.25, 0.3) is 10.6 Å². The number of pyridine rings is 1. The summed E-state index contributed by atoms with van der Waals surface area (Å²) in [4.78, 5) is 9.37. The molecule has 0 aliphatic carbocycles. The fourth-order valence-electron chi connectivity index (χ4n) is 1.23. The lowest BCUT2D eigenvalue weighted by molar-refractivity contribution is 0.984. The molecule has 0 spiro atoms. The van der Waals surface area contributed by atoms with Crippen molar-refractivity contribution in [2.45, 2.75) is 6.42 Å². The van der Waals surface area contributed by atoms with Gasteiger partial charge in [-0.2, -0.15) is 0 Å². The highest BCUT2D eigenvalue weighted by molar-refractivity contribution is 7.15. The number of halogens is 1. The standard InChI is InChI=1S/C10H10ClN3S/c11-9-8(3-4-12)15-10(14-9)7-2-1-5-13-6-7/h1-2,5-6H,3-4,12H2. The molecule has 0 saturated carbocycles. The summed E-state index contributed by atoms with van der Waals surface area (Å²) in [5, 5.41) is 1.46. The topological polar surface area (TPSA) is 51.8 Å². The predicted molar refractivity (Wildman–Crippen MR) is 63.1 cm³/mol. The van der Waals surface area contributed by atoms with E-state index in [9.17, 15) is 0 Å². The van der Waals surface area contributed by atoms with Crippen molar-refractivity contribution in [3.8, 4) is 10.6 Å². The first-order valence-corrected chi connectivity index (χ1v) is 5.76. The highest BCUT2D eigenvalue weighted by atomic mass is 35.5. The molecule has 0 aromatic carbocycles. The number of aromatic nitrogens is 2. The molecule has 2 aromatic heterocycles. The van der Waals surface area contributed by atoms with E-state index in [1.54, 1.807) is 23.7 Å². The van der Waals surface area contributed by atoms with Crippen molar-refractivity contribution in [3.05, 3.63) is 34.6 Å². The minimum Gasteiger partial charge on any atom is -0.330 e. The Hall–Kier alpha value is -0.970. The first-order valence-electron chi connectivity index (χ1n) is 4.57. The van der Waals surface area contributed by atoms with E-state index in [4.69, 9.17) is 17.3 Å². The van der Waals surface area contributed by atoms with E-state index < -0.39 is 0 Å². The van der Waals surface area contributed by atoms with Crippen LogP contribution in [0.1, 0.15) is 4.88 Å². The van der Waals surface area contributed by atoms with Crippen molar-refractivity contribution in [1.82, 2.24) is 9.97 Å². The summed E-state index contributed by atoms with van der Waals surface area (Å²) in [7, 11) is 0.